The van der Waals surface area contributed by atoms with Gasteiger partial charge in [0.05, 0.1) is 11.2 Å². The van der Waals surface area contributed by atoms with E-state index in [1.54, 1.807) is 12.2 Å². The predicted octanol–water partition coefficient (Wildman–Crippen LogP) is 6.93. The van der Waals surface area contributed by atoms with Crippen LogP contribution in [0.15, 0.2) is 98.1 Å². The van der Waals surface area contributed by atoms with Gasteiger partial charge in [-0.25, -0.2) is 4.68 Å². The first-order valence-electron chi connectivity index (χ1n) is 9.42. The van der Waals surface area contributed by atoms with Gasteiger partial charge in [0.25, 0.3) is 0 Å². The molecule has 2 nitrogen and oxygen atoms in total. The fourth-order valence-electron chi connectivity index (χ4n) is 3.21. The summed E-state index contributed by atoms with van der Waals surface area (Å²) in [7, 11) is 0. The van der Waals surface area contributed by atoms with E-state index in [2.05, 4.69) is 76.0 Å². The average Bonchev–Trinajstić information content (AvgIpc) is 3.08. The first-order valence-corrected chi connectivity index (χ1v) is 9.42. The van der Waals surface area contributed by atoms with Gasteiger partial charge in [-0.2, -0.15) is 5.10 Å². The first-order chi connectivity index (χ1) is 13.5. The summed E-state index contributed by atoms with van der Waals surface area (Å²) < 4.78 is 1.98. The van der Waals surface area contributed by atoms with Crippen molar-refractivity contribution in [2.45, 2.75) is 19.8 Å². The van der Waals surface area contributed by atoms with E-state index in [0.29, 0.717) is 0 Å². The van der Waals surface area contributed by atoms with Gasteiger partial charge in [0, 0.05) is 17.0 Å². The van der Waals surface area contributed by atoms with Crippen molar-refractivity contribution in [2.75, 3.05) is 0 Å². The minimum absolute atomic E-state index is 0.158. The molecule has 1 atom stereocenters. The molecule has 0 fully saturated rings. The summed E-state index contributed by atoms with van der Waals surface area (Å²) in [5.41, 5.74) is 6.34. The molecule has 0 spiro atoms. The van der Waals surface area contributed by atoms with Gasteiger partial charge in [0.1, 0.15) is 0 Å². The number of aryl methyl sites for hydroxylation is 1. The van der Waals surface area contributed by atoms with Gasteiger partial charge in [0.15, 0.2) is 0 Å². The second-order valence-corrected chi connectivity index (χ2v) is 6.88. The van der Waals surface area contributed by atoms with Gasteiger partial charge < -0.3 is 0 Å². The Hall–Kier alpha value is -3.39. The van der Waals surface area contributed by atoms with Crippen LogP contribution in [0.5, 0.6) is 0 Å². The highest BCUT2D eigenvalue weighted by molar-refractivity contribution is 5.90. The topological polar surface area (TPSA) is 17.8 Å². The molecular weight excluding hydrogens is 340 g/mol. The molecule has 0 radical (unpaired) electrons. The molecule has 3 rings (SSSR count). The lowest BCUT2D eigenvalue weighted by atomic mass is 9.98. The summed E-state index contributed by atoms with van der Waals surface area (Å²) in [6.45, 7) is 16.2. The number of rotatable bonds is 7. The maximum atomic E-state index is 4.89. The Labute approximate surface area is 167 Å². The Balaban J connectivity index is 2.08. The monoisotopic (exact) mass is 366 g/mol. The number of benzene rings is 2. The molecule has 1 aromatic heterocycles. The number of nitrogens with zero attached hydrogens (tertiary/aromatic N) is 2. The van der Waals surface area contributed by atoms with Crippen LogP contribution in [0.25, 0.3) is 22.7 Å². The van der Waals surface area contributed by atoms with E-state index >= 15 is 0 Å². The van der Waals surface area contributed by atoms with Gasteiger partial charge in [-0.3, -0.25) is 0 Å². The van der Waals surface area contributed by atoms with Crippen molar-refractivity contribution in [1.29, 1.82) is 0 Å². The van der Waals surface area contributed by atoms with E-state index < -0.39 is 0 Å². The standard InChI is InChI=1S/C26H26N2/c1-6-11-22(7-2)15-17-25-24-16-14-19(3)18-26(24)28(27-25)21(5)20(4)23-12-9-8-10-13-23/h6-18,20H,1-2,5H2,3-4H3/b17-15+,22-11+. The highest BCUT2D eigenvalue weighted by Gasteiger charge is 2.16. The zero-order valence-corrected chi connectivity index (χ0v) is 16.6. The van der Waals surface area contributed by atoms with Crippen LogP contribution in [0.1, 0.15) is 29.7 Å². The zero-order valence-electron chi connectivity index (χ0n) is 16.6. The van der Waals surface area contributed by atoms with Gasteiger partial charge in [-0.05, 0) is 35.8 Å². The van der Waals surface area contributed by atoms with Crippen LogP contribution in [0.4, 0.5) is 0 Å². The van der Waals surface area contributed by atoms with Gasteiger partial charge in [-0.1, -0.05) is 93.4 Å². The Kier molecular flexibility index (Phi) is 5.90. The molecule has 0 saturated heterocycles. The van der Waals surface area contributed by atoms with Gasteiger partial charge in [-0.15, -0.1) is 0 Å². The van der Waals surface area contributed by atoms with Crippen LogP contribution in [-0.2, 0) is 0 Å². The molecule has 140 valence electrons. The summed E-state index contributed by atoms with van der Waals surface area (Å²) >= 11 is 0. The van der Waals surface area contributed by atoms with Crippen LogP contribution in [0.2, 0.25) is 0 Å². The molecule has 0 aliphatic rings. The number of aromatic nitrogens is 2. The highest BCUT2D eigenvalue weighted by Crippen LogP contribution is 2.30. The molecule has 0 aliphatic carbocycles. The number of hydrogen-bond acceptors (Lipinski definition) is 1. The molecule has 1 heterocycles. The Morgan fingerprint density at radius 1 is 1.11 bits per heavy atom. The van der Waals surface area contributed by atoms with Crippen LogP contribution in [0, 0.1) is 6.92 Å². The quantitative estimate of drug-likeness (QED) is 0.414. The Morgan fingerprint density at radius 3 is 2.54 bits per heavy atom. The molecule has 1 unspecified atom stereocenters. The van der Waals surface area contributed by atoms with Crippen molar-refractivity contribution in [1.82, 2.24) is 9.78 Å². The molecule has 0 amide bonds. The molecule has 0 N–H and O–H groups in total. The van der Waals surface area contributed by atoms with Crippen LogP contribution >= 0.6 is 0 Å². The minimum atomic E-state index is 0.158. The second kappa shape index (κ2) is 8.53. The third kappa shape index (κ3) is 3.96. The molecule has 2 heteroatoms. The summed E-state index contributed by atoms with van der Waals surface area (Å²) in [6.07, 6.45) is 9.50. The van der Waals surface area contributed by atoms with Crippen LogP contribution in [0.3, 0.4) is 0 Å². The van der Waals surface area contributed by atoms with Crippen molar-refractivity contribution in [3.8, 4) is 0 Å². The lowest BCUT2D eigenvalue weighted by molar-refractivity contribution is 0.830. The Bertz CT molecular complexity index is 1080. The average molecular weight is 367 g/mol. The lowest BCUT2D eigenvalue weighted by Crippen LogP contribution is -2.06. The molecule has 3 aromatic rings. The first kappa shape index (κ1) is 19.4. The molecule has 0 saturated carbocycles. The molecular formula is C26H26N2. The van der Waals surface area contributed by atoms with Gasteiger partial charge >= 0.3 is 0 Å². The zero-order chi connectivity index (χ0) is 20.1. The molecule has 0 bridgehead atoms. The van der Waals surface area contributed by atoms with E-state index in [-0.39, 0.29) is 5.92 Å². The maximum absolute atomic E-state index is 4.89. The molecule has 0 aliphatic heterocycles. The predicted molar refractivity (Wildman–Crippen MR) is 122 cm³/mol. The lowest BCUT2D eigenvalue weighted by Gasteiger charge is -2.16. The van der Waals surface area contributed by atoms with Crippen LogP contribution in [-0.4, -0.2) is 9.78 Å². The van der Waals surface area contributed by atoms with E-state index in [1.807, 2.05) is 29.0 Å². The van der Waals surface area contributed by atoms with E-state index in [4.69, 9.17) is 5.10 Å². The SMILES string of the molecule is C=C/C=C(C=C)/C=C/c1nn(C(=C)C(C)c2ccccc2)c2cc(C)ccc12. The highest BCUT2D eigenvalue weighted by atomic mass is 15.3. The van der Waals surface area contributed by atoms with Crippen molar-refractivity contribution < 1.29 is 0 Å². The smallest absolute Gasteiger partial charge is 0.0934 e. The summed E-state index contributed by atoms with van der Waals surface area (Å²) in [6, 6.07) is 16.8. The van der Waals surface area contributed by atoms with E-state index in [9.17, 15) is 0 Å². The van der Waals surface area contributed by atoms with Crippen molar-refractivity contribution in [3.05, 3.63) is 115 Å². The van der Waals surface area contributed by atoms with E-state index in [0.717, 1.165) is 27.9 Å². The third-order valence-electron chi connectivity index (χ3n) is 4.92. The number of allylic oxidation sites excluding steroid dienone is 6. The summed E-state index contributed by atoms with van der Waals surface area (Å²) in [5.74, 6) is 0.158. The largest absolute Gasteiger partial charge is 0.237 e. The fourth-order valence-corrected chi connectivity index (χ4v) is 3.21. The van der Waals surface area contributed by atoms with Crippen molar-refractivity contribution >= 4 is 22.7 Å². The number of fused-ring (bicyclic) bond motifs is 1. The molecule has 2 aromatic carbocycles. The Morgan fingerprint density at radius 2 is 1.86 bits per heavy atom. The maximum Gasteiger partial charge on any atom is 0.0934 e. The number of hydrogen-bond donors (Lipinski definition) is 0. The molecule has 28 heavy (non-hydrogen) atoms. The normalized spacial score (nSPS) is 13.0. The van der Waals surface area contributed by atoms with Crippen molar-refractivity contribution in [2.24, 2.45) is 0 Å². The summed E-state index contributed by atoms with van der Waals surface area (Å²) in [5, 5.41) is 5.99. The second-order valence-electron chi connectivity index (χ2n) is 6.88. The van der Waals surface area contributed by atoms with Gasteiger partial charge in [0.2, 0.25) is 0 Å². The third-order valence-corrected chi connectivity index (χ3v) is 4.92. The minimum Gasteiger partial charge on any atom is -0.237 e. The van der Waals surface area contributed by atoms with Crippen LogP contribution < -0.4 is 0 Å². The van der Waals surface area contributed by atoms with Crippen molar-refractivity contribution in [3.63, 3.8) is 0 Å². The summed E-state index contributed by atoms with van der Waals surface area (Å²) in [4.78, 5) is 0. The van der Waals surface area contributed by atoms with E-state index in [1.165, 1.54) is 11.1 Å². The fraction of sp³-hybridized carbons (Fsp3) is 0.115.